The fourth-order valence-electron chi connectivity index (χ4n) is 0.236. The third kappa shape index (κ3) is 2.30. The van der Waals surface area contributed by atoms with E-state index in [1.807, 2.05) is 6.92 Å². The van der Waals surface area contributed by atoms with Gasteiger partial charge in [0.1, 0.15) is 0 Å². The van der Waals surface area contributed by atoms with Crippen LogP contribution in [0.1, 0.15) is 20.3 Å². The SMILES string of the molecule is CCC(C)(N)C(N)(Cl)Cl. The summed E-state index contributed by atoms with van der Waals surface area (Å²) in [5, 5.41) is 0. The van der Waals surface area contributed by atoms with Crippen molar-refractivity contribution in [3.05, 3.63) is 0 Å². The molecule has 0 aromatic carbocycles. The Morgan fingerprint density at radius 2 is 1.67 bits per heavy atom. The van der Waals surface area contributed by atoms with Gasteiger partial charge in [0.15, 0.2) is 4.46 Å². The third-order valence-corrected chi connectivity index (χ3v) is 2.36. The molecule has 56 valence electrons. The monoisotopic (exact) mass is 170 g/mol. The van der Waals surface area contributed by atoms with Gasteiger partial charge in [0.25, 0.3) is 0 Å². The summed E-state index contributed by atoms with van der Waals surface area (Å²) < 4.78 is -1.33. The van der Waals surface area contributed by atoms with Gasteiger partial charge in [-0.15, -0.1) is 0 Å². The summed E-state index contributed by atoms with van der Waals surface area (Å²) >= 11 is 11.1. The maximum atomic E-state index is 5.60. The molecule has 0 bridgehead atoms. The van der Waals surface area contributed by atoms with E-state index in [0.717, 1.165) is 0 Å². The quantitative estimate of drug-likeness (QED) is 0.484. The first-order valence-corrected chi connectivity index (χ1v) is 3.52. The van der Waals surface area contributed by atoms with Gasteiger partial charge in [-0.05, 0) is 13.3 Å². The second-order valence-electron chi connectivity index (χ2n) is 2.39. The van der Waals surface area contributed by atoms with Gasteiger partial charge in [-0.1, -0.05) is 30.1 Å². The molecule has 0 heterocycles. The van der Waals surface area contributed by atoms with Crippen LogP contribution in [0.2, 0.25) is 0 Å². The van der Waals surface area contributed by atoms with Crippen molar-refractivity contribution >= 4 is 23.2 Å². The number of alkyl halides is 2. The first-order valence-electron chi connectivity index (χ1n) is 2.77. The first-order chi connectivity index (χ1) is 3.81. The van der Waals surface area contributed by atoms with Crippen LogP contribution in [0, 0.1) is 0 Å². The number of halogens is 2. The Morgan fingerprint density at radius 3 is 1.67 bits per heavy atom. The molecule has 1 atom stereocenters. The largest absolute Gasteiger partial charge is 0.322 e. The summed E-state index contributed by atoms with van der Waals surface area (Å²) in [6, 6.07) is 0. The van der Waals surface area contributed by atoms with Crippen LogP contribution in [0.3, 0.4) is 0 Å². The predicted molar refractivity (Wildman–Crippen MR) is 41.5 cm³/mol. The van der Waals surface area contributed by atoms with Crippen molar-refractivity contribution in [3.63, 3.8) is 0 Å². The van der Waals surface area contributed by atoms with E-state index < -0.39 is 10.00 Å². The van der Waals surface area contributed by atoms with Crippen molar-refractivity contribution in [1.82, 2.24) is 0 Å². The number of rotatable bonds is 2. The summed E-state index contributed by atoms with van der Waals surface area (Å²) in [6.45, 7) is 3.60. The Hall–Kier alpha value is 0.500. The van der Waals surface area contributed by atoms with E-state index >= 15 is 0 Å². The highest BCUT2D eigenvalue weighted by molar-refractivity contribution is 6.48. The minimum atomic E-state index is -1.33. The van der Waals surface area contributed by atoms with Crippen LogP contribution < -0.4 is 11.5 Å². The van der Waals surface area contributed by atoms with E-state index in [1.54, 1.807) is 6.92 Å². The van der Waals surface area contributed by atoms with Crippen molar-refractivity contribution in [1.29, 1.82) is 0 Å². The normalized spacial score (nSPS) is 19.3. The van der Waals surface area contributed by atoms with Crippen molar-refractivity contribution in [3.8, 4) is 0 Å². The lowest BCUT2D eigenvalue weighted by Crippen LogP contribution is -2.56. The van der Waals surface area contributed by atoms with E-state index in [0.29, 0.717) is 6.42 Å². The van der Waals surface area contributed by atoms with Crippen LogP contribution in [0.4, 0.5) is 0 Å². The molecule has 0 saturated heterocycles. The standard InChI is InChI=1S/C5H12Cl2N2/c1-3-4(2,8)5(6,7)9/h3,8-9H2,1-2H3. The molecule has 0 aromatic rings. The fraction of sp³-hybridized carbons (Fsp3) is 1.00. The van der Waals surface area contributed by atoms with Crippen LogP contribution in [0.15, 0.2) is 0 Å². The zero-order valence-corrected chi connectivity index (χ0v) is 7.13. The van der Waals surface area contributed by atoms with Gasteiger partial charge in [-0.3, -0.25) is 5.73 Å². The Labute approximate surface area is 65.5 Å². The topological polar surface area (TPSA) is 52.0 Å². The van der Waals surface area contributed by atoms with E-state index in [-0.39, 0.29) is 0 Å². The first kappa shape index (κ1) is 9.50. The van der Waals surface area contributed by atoms with Crippen LogP contribution in [-0.2, 0) is 0 Å². The van der Waals surface area contributed by atoms with Crippen LogP contribution >= 0.6 is 23.2 Å². The zero-order chi connectivity index (χ0) is 7.71. The highest BCUT2D eigenvalue weighted by Crippen LogP contribution is 2.28. The number of hydrogen-bond donors (Lipinski definition) is 2. The molecule has 0 aliphatic heterocycles. The molecule has 0 aliphatic rings. The molecule has 4 heteroatoms. The van der Waals surface area contributed by atoms with E-state index in [2.05, 4.69) is 0 Å². The molecular formula is C5H12Cl2N2. The third-order valence-electron chi connectivity index (χ3n) is 1.50. The molecule has 9 heavy (non-hydrogen) atoms. The minimum Gasteiger partial charge on any atom is -0.322 e. The van der Waals surface area contributed by atoms with Crippen molar-refractivity contribution < 1.29 is 0 Å². The van der Waals surface area contributed by atoms with Gasteiger partial charge in [-0.2, -0.15) is 0 Å². The molecule has 0 saturated carbocycles. The second-order valence-corrected chi connectivity index (χ2v) is 3.78. The second kappa shape index (κ2) is 2.62. The summed E-state index contributed by atoms with van der Waals surface area (Å²) in [4.78, 5) is 0. The van der Waals surface area contributed by atoms with Crippen molar-refractivity contribution in [2.24, 2.45) is 11.5 Å². The average molecular weight is 171 g/mol. The average Bonchev–Trinajstić information content (AvgIpc) is 1.64. The minimum absolute atomic E-state index is 0.649. The van der Waals surface area contributed by atoms with E-state index in [9.17, 15) is 0 Å². The molecule has 0 fully saturated rings. The van der Waals surface area contributed by atoms with Gasteiger partial charge in [0.05, 0.1) is 5.54 Å². The Kier molecular flexibility index (Phi) is 2.77. The summed E-state index contributed by atoms with van der Waals surface area (Å²) in [6.07, 6.45) is 0.649. The van der Waals surface area contributed by atoms with Crippen LogP contribution in [0.25, 0.3) is 0 Å². The van der Waals surface area contributed by atoms with E-state index in [1.165, 1.54) is 0 Å². The maximum absolute atomic E-state index is 5.60. The zero-order valence-electron chi connectivity index (χ0n) is 5.62. The molecule has 1 unspecified atom stereocenters. The Balaban J connectivity index is 4.14. The molecule has 0 rings (SSSR count). The molecule has 0 aromatic heterocycles. The van der Waals surface area contributed by atoms with Gasteiger partial charge < -0.3 is 5.73 Å². The highest BCUT2D eigenvalue weighted by atomic mass is 35.5. The van der Waals surface area contributed by atoms with Gasteiger partial charge in [0.2, 0.25) is 0 Å². The molecule has 0 spiro atoms. The highest BCUT2D eigenvalue weighted by Gasteiger charge is 2.37. The molecular weight excluding hydrogens is 159 g/mol. The predicted octanol–water partition coefficient (Wildman–Crippen LogP) is 1.20. The van der Waals surface area contributed by atoms with Gasteiger partial charge in [-0.25, -0.2) is 0 Å². The van der Waals surface area contributed by atoms with Crippen LogP contribution in [-0.4, -0.2) is 10.00 Å². The molecule has 4 N–H and O–H groups in total. The Morgan fingerprint density at radius 1 is 1.33 bits per heavy atom. The summed E-state index contributed by atoms with van der Waals surface area (Å²) in [7, 11) is 0. The maximum Gasteiger partial charge on any atom is 0.184 e. The Bertz CT molecular complexity index is 95.6. The van der Waals surface area contributed by atoms with Crippen LogP contribution in [0.5, 0.6) is 0 Å². The molecule has 2 nitrogen and oxygen atoms in total. The molecule has 0 amide bonds. The van der Waals surface area contributed by atoms with Crippen molar-refractivity contribution in [2.45, 2.75) is 30.3 Å². The van der Waals surface area contributed by atoms with Gasteiger partial charge >= 0.3 is 0 Å². The number of hydrogen-bond acceptors (Lipinski definition) is 2. The number of nitrogens with two attached hydrogens (primary N) is 2. The summed E-state index contributed by atoms with van der Waals surface area (Å²) in [5.41, 5.74) is 10.2. The molecule has 0 aliphatic carbocycles. The van der Waals surface area contributed by atoms with Crippen molar-refractivity contribution in [2.75, 3.05) is 0 Å². The summed E-state index contributed by atoms with van der Waals surface area (Å²) in [5.74, 6) is 0. The van der Waals surface area contributed by atoms with Gasteiger partial charge in [0, 0.05) is 0 Å². The van der Waals surface area contributed by atoms with E-state index in [4.69, 9.17) is 34.7 Å². The lowest BCUT2D eigenvalue weighted by atomic mass is 10.0. The fourth-order valence-corrected chi connectivity index (χ4v) is 0.503. The lowest BCUT2D eigenvalue weighted by Gasteiger charge is -2.32. The lowest BCUT2D eigenvalue weighted by molar-refractivity contribution is 0.403. The smallest absolute Gasteiger partial charge is 0.184 e. The molecule has 0 radical (unpaired) electrons.